The minimum Gasteiger partial charge on any atom is -0.363 e. The quantitative estimate of drug-likeness (QED) is 0.874. The first-order valence-corrected chi connectivity index (χ1v) is 9.08. The van der Waals surface area contributed by atoms with E-state index < -0.39 is 0 Å². The van der Waals surface area contributed by atoms with Crippen LogP contribution in [0.1, 0.15) is 49.2 Å². The lowest BCUT2D eigenvalue weighted by atomic mass is 10.0. The molecule has 1 aliphatic rings. The van der Waals surface area contributed by atoms with Gasteiger partial charge in [-0.05, 0) is 60.5 Å². The standard InChI is InChI=1S/C18H25N3S/c1-13(2)15-4-5-18-16(20-15)7-10-21(18)17(6-9-19-3)14-8-11-22-12-14/h4-5,8,11-13,17,19H,6-7,9-10H2,1-3H3/t17-/m0/s1. The van der Waals surface area contributed by atoms with Gasteiger partial charge in [0.25, 0.3) is 0 Å². The van der Waals surface area contributed by atoms with Gasteiger partial charge in [0.15, 0.2) is 0 Å². The maximum Gasteiger partial charge on any atom is 0.0657 e. The Morgan fingerprint density at radius 2 is 2.18 bits per heavy atom. The van der Waals surface area contributed by atoms with Crippen LogP contribution in [0.4, 0.5) is 5.69 Å². The lowest BCUT2D eigenvalue weighted by molar-refractivity contribution is 0.570. The van der Waals surface area contributed by atoms with Crippen LogP contribution in [0.3, 0.4) is 0 Å². The van der Waals surface area contributed by atoms with Gasteiger partial charge >= 0.3 is 0 Å². The molecule has 0 spiro atoms. The average Bonchev–Trinajstić information content (AvgIpc) is 3.17. The lowest BCUT2D eigenvalue weighted by Crippen LogP contribution is -2.29. The SMILES string of the molecule is CNCC[C@@H](c1ccsc1)N1CCc2nc(C(C)C)ccc21. The van der Waals surface area contributed by atoms with E-state index in [1.54, 1.807) is 11.3 Å². The van der Waals surface area contributed by atoms with Gasteiger partial charge in [0, 0.05) is 18.7 Å². The van der Waals surface area contributed by atoms with E-state index in [0.29, 0.717) is 12.0 Å². The van der Waals surface area contributed by atoms with Gasteiger partial charge in [0.2, 0.25) is 0 Å². The topological polar surface area (TPSA) is 28.2 Å². The highest BCUT2D eigenvalue weighted by atomic mass is 32.1. The zero-order valence-electron chi connectivity index (χ0n) is 13.7. The number of rotatable bonds is 6. The predicted octanol–water partition coefficient (Wildman–Crippen LogP) is 3.98. The van der Waals surface area contributed by atoms with E-state index in [0.717, 1.165) is 25.9 Å². The Balaban J connectivity index is 1.89. The van der Waals surface area contributed by atoms with Crippen molar-refractivity contribution >= 4 is 17.0 Å². The average molecular weight is 315 g/mol. The highest BCUT2D eigenvalue weighted by Gasteiger charge is 2.28. The largest absolute Gasteiger partial charge is 0.363 e. The minimum absolute atomic E-state index is 0.451. The van der Waals surface area contributed by atoms with Crippen molar-refractivity contribution in [1.82, 2.24) is 10.3 Å². The van der Waals surface area contributed by atoms with Crippen LogP contribution in [0.25, 0.3) is 0 Å². The fraction of sp³-hybridized carbons (Fsp3) is 0.500. The molecule has 0 unspecified atom stereocenters. The zero-order chi connectivity index (χ0) is 15.5. The molecule has 22 heavy (non-hydrogen) atoms. The molecule has 1 aliphatic heterocycles. The van der Waals surface area contributed by atoms with Gasteiger partial charge in [0.1, 0.15) is 0 Å². The van der Waals surface area contributed by atoms with Gasteiger partial charge in [0.05, 0.1) is 17.4 Å². The van der Waals surface area contributed by atoms with Crippen LogP contribution in [0, 0.1) is 0 Å². The van der Waals surface area contributed by atoms with Crippen LogP contribution in [0.2, 0.25) is 0 Å². The van der Waals surface area contributed by atoms with E-state index in [1.165, 1.54) is 22.6 Å². The summed E-state index contributed by atoms with van der Waals surface area (Å²) in [6.07, 6.45) is 2.19. The third-order valence-corrected chi connectivity index (χ3v) is 5.14. The van der Waals surface area contributed by atoms with E-state index in [4.69, 9.17) is 4.98 Å². The second-order valence-corrected chi connectivity index (χ2v) is 7.04. The number of hydrogen-bond acceptors (Lipinski definition) is 4. The summed E-state index contributed by atoms with van der Waals surface area (Å²) >= 11 is 1.79. The Morgan fingerprint density at radius 1 is 1.32 bits per heavy atom. The van der Waals surface area contributed by atoms with Crippen molar-refractivity contribution in [3.63, 3.8) is 0 Å². The highest BCUT2D eigenvalue weighted by Crippen LogP contribution is 2.37. The predicted molar refractivity (Wildman–Crippen MR) is 95.0 cm³/mol. The third-order valence-electron chi connectivity index (χ3n) is 4.43. The monoisotopic (exact) mass is 315 g/mol. The van der Waals surface area contributed by atoms with Crippen molar-refractivity contribution in [2.75, 3.05) is 25.0 Å². The van der Waals surface area contributed by atoms with E-state index in [1.807, 2.05) is 7.05 Å². The molecule has 3 heterocycles. The number of fused-ring (bicyclic) bond motifs is 1. The number of pyridine rings is 1. The molecule has 0 bridgehead atoms. The van der Waals surface area contributed by atoms with Crippen LogP contribution in [0.15, 0.2) is 29.0 Å². The van der Waals surface area contributed by atoms with Gasteiger partial charge in [-0.3, -0.25) is 4.98 Å². The van der Waals surface area contributed by atoms with Crippen molar-refractivity contribution in [3.8, 4) is 0 Å². The molecule has 118 valence electrons. The van der Waals surface area contributed by atoms with E-state index >= 15 is 0 Å². The fourth-order valence-electron chi connectivity index (χ4n) is 3.20. The fourth-order valence-corrected chi connectivity index (χ4v) is 3.90. The second-order valence-electron chi connectivity index (χ2n) is 6.26. The van der Waals surface area contributed by atoms with Gasteiger partial charge in [-0.15, -0.1) is 0 Å². The summed E-state index contributed by atoms with van der Waals surface area (Å²) in [6.45, 7) is 6.53. The Hall–Kier alpha value is -1.39. The van der Waals surface area contributed by atoms with Gasteiger partial charge in [-0.1, -0.05) is 13.8 Å². The summed E-state index contributed by atoms with van der Waals surface area (Å²) in [7, 11) is 2.03. The van der Waals surface area contributed by atoms with Crippen molar-refractivity contribution in [3.05, 3.63) is 45.9 Å². The summed E-state index contributed by atoms with van der Waals surface area (Å²) < 4.78 is 0. The number of hydrogen-bond donors (Lipinski definition) is 1. The first-order chi connectivity index (χ1) is 10.7. The molecule has 0 aliphatic carbocycles. The third kappa shape index (κ3) is 3.03. The van der Waals surface area contributed by atoms with E-state index in [-0.39, 0.29) is 0 Å². The number of nitrogens with one attached hydrogen (secondary N) is 1. The van der Waals surface area contributed by atoms with Crippen LogP contribution < -0.4 is 10.2 Å². The van der Waals surface area contributed by atoms with Gasteiger partial charge < -0.3 is 10.2 Å². The minimum atomic E-state index is 0.451. The number of aromatic nitrogens is 1. The maximum atomic E-state index is 4.89. The second kappa shape index (κ2) is 6.80. The Labute approximate surface area is 137 Å². The molecule has 4 heteroatoms. The molecule has 3 nitrogen and oxygen atoms in total. The lowest BCUT2D eigenvalue weighted by Gasteiger charge is -2.30. The smallest absolute Gasteiger partial charge is 0.0657 e. The molecule has 3 rings (SSSR count). The molecule has 2 aromatic heterocycles. The molecule has 2 aromatic rings. The number of anilines is 1. The van der Waals surface area contributed by atoms with E-state index in [9.17, 15) is 0 Å². The maximum absolute atomic E-state index is 4.89. The summed E-state index contributed by atoms with van der Waals surface area (Å²) in [5, 5.41) is 7.76. The van der Waals surface area contributed by atoms with Gasteiger partial charge in [-0.25, -0.2) is 0 Å². The van der Waals surface area contributed by atoms with E-state index in [2.05, 4.69) is 53.0 Å². The molecule has 0 aromatic carbocycles. The number of thiophene rings is 1. The molecule has 1 N–H and O–H groups in total. The number of nitrogens with zero attached hydrogens (tertiary/aromatic N) is 2. The molecular formula is C18H25N3S. The van der Waals surface area contributed by atoms with Crippen molar-refractivity contribution in [1.29, 1.82) is 0 Å². The van der Waals surface area contributed by atoms with Crippen molar-refractivity contribution in [2.45, 2.75) is 38.6 Å². The molecule has 1 atom stereocenters. The first kappa shape index (κ1) is 15.5. The van der Waals surface area contributed by atoms with Crippen LogP contribution in [0.5, 0.6) is 0 Å². The van der Waals surface area contributed by atoms with Gasteiger partial charge in [-0.2, -0.15) is 11.3 Å². The molecule has 0 saturated heterocycles. The molecule has 0 amide bonds. The van der Waals surface area contributed by atoms with Crippen molar-refractivity contribution in [2.24, 2.45) is 0 Å². The molecule has 0 saturated carbocycles. The molecular weight excluding hydrogens is 290 g/mol. The summed E-state index contributed by atoms with van der Waals surface area (Å²) in [4.78, 5) is 7.44. The van der Waals surface area contributed by atoms with Crippen LogP contribution >= 0.6 is 11.3 Å². The Bertz CT molecular complexity index is 607. The Kier molecular flexibility index (Phi) is 4.79. The first-order valence-electron chi connectivity index (χ1n) is 8.14. The summed E-state index contributed by atoms with van der Waals surface area (Å²) in [5.74, 6) is 0.497. The summed E-state index contributed by atoms with van der Waals surface area (Å²) in [6, 6.07) is 7.19. The summed E-state index contributed by atoms with van der Waals surface area (Å²) in [5.41, 5.74) is 5.25. The van der Waals surface area contributed by atoms with Crippen LogP contribution in [-0.4, -0.2) is 25.1 Å². The Morgan fingerprint density at radius 3 is 2.86 bits per heavy atom. The molecule has 0 fully saturated rings. The highest BCUT2D eigenvalue weighted by molar-refractivity contribution is 7.08. The zero-order valence-corrected chi connectivity index (χ0v) is 14.5. The van der Waals surface area contributed by atoms with Crippen LogP contribution in [-0.2, 0) is 6.42 Å². The van der Waals surface area contributed by atoms with Crippen molar-refractivity contribution < 1.29 is 0 Å². The molecule has 0 radical (unpaired) electrons. The normalized spacial score (nSPS) is 15.4.